The predicted octanol–water partition coefficient (Wildman–Crippen LogP) is 2.25. The zero-order valence-corrected chi connectivity index (χ0v) is 9.40. The average molecular weight is 243 g/mol. The van der Waals surface area contributed by atoms with E-state index in [4.69, 9.17) is 0 Å². The highest BCUT2D eigenvalue weighted by molar-refractivity contribution is 6.01. The van der Waals surface area contributed by atoms with Crippen molar-refractivity contribution in [3.63, 3.8) is 0 Å². The topological polar surface area (TPSA) is 54.0 Å². The summed E-state index contributed by atoms with van der Waals surface area (Å²) in [4.78, 5) is 15.2. The van der Waals surface area contributed by atoms with E-state index in [1.165, 1.54) is 6.07 Å². The number of hydrogen-bond acceptors (Lipinski definition) is 3. The standard InChI is InChI=1S/C13H10FN3O/c14-10-5-12-11(16-7-13(18)17-12)4-9(10)8-2-1-3-15-6-8/h1-6,16H,7H2,(H,17,18). The van der Waals surface area contributed by atoms with E-state index in [-0.39, 0.29) is 18.3 Å². The van der Waals surface area contributed by atoms with Crippen LogP contribution in [0.15, 0.2) is 36.7 Å². The number of fused-ring (bicyclic) bond motifs is 1. The molecule has 3 rings (SSSR count). The SMILES string of the molecule is O=C1CNc2cc(-c3cccnc3)c(F)cc2N1. The molecule has 2 N–H and O–H groups in total. The second-order valence-corrected chi connectivity index (χ2v) is 4.02. The first kappa shape index (κ1) is 10.7. The first-order valence-electron chi connectivity index (χ1n) is 5.52. The third-order valence-corrected chi connectivity index (χ3v) is 2.79. The van der Waals surface area contributed by atoms with Gasteiger partial charge < -0.3 is 10.6 Å². The molecular formula is C13H10FN3O. The monoisotopic (exact) mass is 243 g/mol. The molecule has 5 heteroatoms. The Morgan fingerprint density at radius 3 is 2.94 bits per heavy atom. The van der Waals surface area contributed by atoms with Gasteiger partial charge in [-0.15, -0.1) is 0 Å². The third kappa shape index (κ3) is 1.79. The molecule has 0 unspecified atom stereocenters. The second kappa shape index (κ2) is 4.10. The molecule has 0 bridgehead atoms. The number of benzene rings is 1. The Morgan fingerprint density at radius 2 is 2.17 bits per heavy atom. The molecule has 0 radical (unpaired) electrons. The van der Waals surface area contributed by atoms with Crippen LogP contribution < -0.4 is 10.6 Å². The van der Waals surface area contributed by atoms with Gasteiger partial charge in [0.1, 0.15) is 5.82 Å². The number of aromatic nitrogens is 1. The van der Waals surface area contributed by atoms with Gasteiger partial charge in [0.15, 0.2) is 0 Å². The highest BCUT2D eigenvalue weighted by Crippen LogP contribution is 2.32. The summed E-state index contributed by atoms with van der Waals surface area (Å²) in [6.07, 6.45) is 3.24. The number of carbonyl (C=O) groups is 1. The molecule has 0 saturated heterocycles. The fraction of sp³-hybridized carbons (Fsp3) is 0.0769. The number of amides is 1. The van der Waals surface area contributed by atoms with Crippen LogP contribution in [0, 0.1) is 5.82 Å². The normalized spacial score (nSPS) is 13.5. The lowest BCUT2D eigenvalue weighted by Gasteiger charge is -2.19. The van der Waals surface area contributed by atoms with E-state index in [1.54, 1.807) is 30.6 Å². The summed E-state index contributed by atoms with van der Waals surface area (Å²) in [7, 11) is 0. The van der Waals surface area contributed by atoms with Gasteiger partial charge in [-0.2, -0.15) is 0 Å². The minimum absolute atomic E-state index is 0.170. The molecule has 2 aromatic rings. The molecule has 1 amide bonds. The summed E-state index contributed by atoms with van der Waals surface area (Å²) in [5.41, 5.74) is 2.35. The molecule has 1 aromatic carbocycles. The van der Waals surface area contributed by atoms with Crippen LogP contribution in [0.4, 0.5) is 15.8 Å². The number of nitrogens with zero attached hydrogens (tertiary/aromatic N) is 1. The van der Waals surface area contributed by atoms with E-state index < -0.39 is 0 Å². The Kier molecular flexibility index (Phi) is 2.44. The Bertz CT molecular complexity index is 613. The summed E-state index contributed by atoms with van der Waals surface area (Å²) in [6.45, 7) is 0.200. The molecular weight excluding hydrogens is 233 g/mol. The Labute approximate surface area is 103 Å². The molecule has 18 heavy (non-hydrogen) atoms. The molecule has 0 spiro atoms. The van der Waals surface area contributed by atoms with Crippen LogP contribution in [0.2, 0.25) is 0 Å². The largest absolute Gasteiger partial charge is 0.374 e. The molecule has 4 nitrogen and oxygen atoms in total. The predicted molar refractivity (Wildman–Crippen MR) is 66.8 cm³/mol. The van der Waals surface area contributed by atoms with Crippen LogP contribution in [0.3, 0.4) is 0 Å². The molecule has 90 valence electrons. The third-order valence-electron chi connectivity index (χ3n) is 2.79. The van der Waals surface area contributed by atoms with Crippen molar-refractivity contribution in [1.82, 2.24) is 4.98 Å². The van der Waals surface area contributed by atoms with Crippen molar-refractivity contribution < 1.29 is 9.18 Å². The van der Waals surface area contributed by atoms with Crippen molar-refractivity contribution in [3.05, 3.63) is 42.5 Å². The summed E-state index contributed by atoms with van der Waals surface area (Å²) in [5, 5.41) is 5.57. The minimum Gasteiger partial charge on any atom is -0.374 e. The fourth-order valence-corrected chi connectivity index (χ4v) is 1.94. The molecule has 1 aliphatic heterocycles. The number of carbonyl (C=O) groups excluding carboxylic acids is 1. The van der Waals surface area contributed by atoms with Gasteiger partial charge >= 0.3 is 0 Å². The summed E-state index contributed by atoms with van der Waals surface area (Å²) in [6, 6.07) is 6.55. The Morgan fingerprint density at radius 1 is 1.28 bits per heavy atom. The van der Waals surface area contributed by atoms with Gasteiger partial charge in [-0.3, -0.25) is 9.78 Å². The number of halogens is 1. The van der Waals surface area contributed by atoms with Crippen LogP contribution in [-0.4, -0.2) is 17.4 Å². The maximum Gasteiger partial charge on any atom is 0.243 e. The van der Waals surface area contributed by atoms with Crippen molar-refractivity contribution in [2.24, 2.45) is 0 Å². The van der Waals surface area contributed by atoms with Gasteiger partial charge in [0.25, 0.3) is 0 Å². The van der Waals surface area contributed by atoms with Crippen LogP contribution in [0.1, 0.15) is 0 Å². The Balaban J connectivity index is 2.10. The number of rotatable bonds is 1. The molecule has 2 heterocycles. The van der Waals surface area contributed by atoms with Crippen molar-refractivity contribution in [2.75, 3.05) is 17.2 Å². The second-order valence-electron chi connectivity index (χ2n) is 4.02. The molecule has 0 atom stereocenters. The van der Waals surface area contributed by atoms with E-state index in [1.807, 2.05) is 0 Å². The van der Waals surface area contributed by atoms with E-state index in [9.17, 15) is 9.18 Å². The zero-order chi connectivity index (χ0) is 12.5. The van der Waals surface area contributed by atoms with Crippen molar-refractivity contribution in [3.8, 4) is 11.1 Å². The quantitative estimate of drug-likeness (QED) is 0.807. The zero-order valence-electron chi connectivity index (χ0n) is 9.40. The van der Waals surface area contributed by atoms with Gasteiger partial charge in [0.05, 0.1) is 17.9 Å². The highest BCUT2D eigenvalue weighted by Gasteiger charge is 2.17. The minimum atomic E-state index is -0.384. The van der Waals surface area contributed by atoms with Gasteiger partial charge in [0.2, 0.25) is 5.91 Å². The Hall–Kier alpha value is -2.43. The molecule has 1 aromatic heterocycles. The van der Waals surface area contributed by atoms with E-state index >= 15 is 0 Å². The van der Waals surface area contributed by atoms with E-state index in [0.29, 0.717) is 16.8 Å². The van der Waals surface area contributed by atoms with Crippen LogP contribution in [0.5, 0.6) is 0 Å². The van der Waals surface area contributed by atoms with Crippen molar-refractivity contribution in [1.29, 1.82) is 0 Å². The lowest BCUT2D eigenvalue weighted by atomic mass is 10.0. The maximum absolute atomic E-state index is 14.0. The smallest absolute Gasteiger partial charge is 0.243 e. The lowest BCUT2D eigenvalue weighted by Crippen LogP contribution is -2.27. The molecule has 0 saturated carbocycles. The van der Waals surface area contributed by atoms with Crippen molar-refractivity contribution >= 4 is 17.3 Å². The number of pyridine rings is 1. The molecule has 0 fully saturated rings. The van der Waals surface area contributed by atoms with Gasteiger partial charge in [-0.1, -0.05) is 6.07 Å². The average Bonchev–Trinajstić information content (AvgIpc) is 2.39. The summed E-state index contributed by atoms with van der Waals surface area (Å²) >= 11 is 0. The maximum atomic E-state index is 14.0. The first-order chi connectivity index (χ1) is 8.74. The van der Waals surface area contributed by atoms with Crippen LogP contribution in [0.25, 0.3) is 11.1 Å². The first-order valence-corrected chi connectivity index (χ1v) is 5.52. The van der Waals surface area contributed by atoms with Gasteiger partial charge in [-0.25, -0.2) is 4.39 Å². The number of hydrogen-bond donors (Lipinski definition) is 2. The molecule has 0 aliphatic carbocycles. The van der Waals surface area contributed by atoms with E-state index in [0.717, 1.165) is 5.69 Å². The van der Waals surface area contributed by atoms with Gasteiger partial charge in [-0.05, 0) is 12.1 Å². The highest BCUT2D eigenvalue weighted by atomic mass is 19.1. The summed E-state index contributed by atoms with van der Waals surface area (Å²) < 4.78 is 14.0. The fourth-order valence-electron chi connectivity index (χ4n) is 1.94. The number of anilines is 2. The number of nitrogens with one attached hydrogen (secondary N) is 2. The lowest BCUT2D eigenvalue weighted by molar-refractivity contribution is -0.114. The van der Waals surface area contributed by atoms with E-state index in [2.05, 4.69) is 15.6 Å². The van der Waals surface area contributed by atoms with Crippen LogP contribution >= 0.6 is 0 Å². The van der Waals surface area contributed by atoms with Crippen molar-refractivity contribution in [2.45, 2.75) is 0 Å². The van der Waals surface area contributed by atoms with Gasteiger partial charge in [0, 0.05) is 29.6 Å². The summed E-state index contributed by atoms with van der Waals surface area (Å²) in [5.74, 6) is -0.554. The molecule has 1 aliphatic rings. The van der Waals surface area contributed by atoms with Crippen LogP contribution in [-0.2, 0) is 4.79 Å².